The highest BCUT2D eigenvalue weighted by atomic mass is 16.5. The Morgan fingerprint density at radius 2 is 2.21 bits per heavy atom. The SMILES string of the molecule is COCCn1cc(NCc2ccc(O)cc2O)cn1. The molecule has 19 heavy (non-hydrogen) atoms. The molecule has 0 radical (unpaired) electrons. The molecule has 0 amide bonds. The number of nitrogens with zero attached hydrogens (tertiary/aromatic N) is 2. The standard InChI is InChI=1S/C13H17N3O3/c1-19-5-4-16-9-11(8-15-16)14-7-10-2-3-12(17)6-13(10)18/h2-3,6,8-9,14,17-18H,4-5,7H2,1H3. The van der Waals surface area contributed by atoms with Crippen LogP contribution in [-0.4, -0.2) is 33.7 Å². The number of rotatable bonds is 6. The zero-order valence-corrected chi connectivity index (χ0v) is 10.7. The van der Waals surface area contributed by atoms with Gasteiger partial charge in [-0.1, -0.05) is 0 Å². The fourth-order valence-corrected chi connectivity index (χ4v) is 1.66. The monoisotopic (exact) mass is 263 g/mol. The minimum Gasteiger partial charge on any atom is -0.508 e. The second-order valence-corrected chi connectivity index (χ2v) is 4.15. The zero-order valence-electron chi connectivity index (χ0n) is 10.7. The van der Waals surface area contributed by atoms with Crippen LogP contribution in [0.1, 0.15) is 5.56 Å². The molecule has 0 atom stereocenters. The van der Waals surface area contributed by atoms with E-state index in [9.17, 15) is 10.2 Å². The average molecular weight is 263 g/mol. The Hall–Kier alpha value is -2.21. The molecule has 1 aromatic carbocycles. The normalized spacial score (nSPS) is 10.6. The van der Waals surface area contributed by atoms with Crippen molar-refractivity contribution < 1.29 is 14.9 Å². The molecule has 0 fully saturated rings. The number of benzene rings is 1. The van der Waals surface area contributed by atoms with Gasteiger partial charge in [-0.25, -0.2) is 0 Å². The van der Waals surface area contributed by atoms with Gasteiger partial charge in [-0.3, -0.25) is 4.68 Å². The molecule has 0 aliphatic heterocycles. The summed E-state index contributed by atoms with van der Waals surface area (Å²) in [5.74, 6) is 0.118. The van der Waals surface area contributed by atoms with Crippen LogP contribution in [0.4, 0.5) is 5.69 Å². The third kappa shape index (κ3) is 3.62. The van der Waals surface area contributed by atoms with Gasteiger partial charge < -0.3 is 20.3 Å². The van der Waals surface area contributed by atoms with Crippen LogP contribution in [0.15, 0.2) is 30.6 Å². The van der Waals surface area contributed by atoms with Crippen molar-refractivity contribution >= 4 is 5.69 Å². The molecule has 0 aliphatic carbocycles. The lowest BCUT2D eigenvalue weighted by molar-refractivity contribution is 0.183. The molecule has 3 N–H and O–H groups in total. The summed E-state index contributed by atoms with van der Waals surface area (Å²) in [6.07, 6.45) is 3.59. The lowest BCUT2D eigenvalue weighted by Gasteiger charge is -2.06. The van der Waals surface area contributed by atoms with Crippen molar-refractivity contribution in [1.29, 1.82) is 0 Å². The summed E-state index contributed by atoms with van der Waals surface area (Å²) in [6, 6.07) is 4.53. The molecule has 2 aromatic rings. The molecular formula is C13H17N3O3. The molecule has 1 aromatic heterocycles. The first-order valence-electron chi connectivity index (χ1n) is 5.95. The zero-order chi connectivity index (χ0) is 13.7. The molecule has 102 valence electrons. The Morgan fingerprint density at radius 3 is 2.95 bits per heavy atom. The van der Waals surface area contributed by atoms with Crippen LogP contribution in [0, 0.1) is 0 Å². The number of ether oxygens (including phenoxy) is 1. The topological polar surface area (TPSA) is 79.5 Å². The van der Waals surface area contributed by atoms with Crippen LogP contribution in [-0.2, 0) is 17.8 Å². The Morgan fingerprint density at radius 1 is 1.37 bits per heavy atom. The molecule has 0 bridgehead atoms. The van der Waals surface area contributed by atoms with Crippen molar-refractivity contribution in [3.05, 3.63) is 36.2 Å². The van der Waals surface area contributed by atoms with Crippen molar-refractivity contribution in [3.8, 4) is 11.5 Å². The van der Waals surface area contributed by atoms with E-state index in [2.05, 4.69) is 10.4 Å². The average Bonchev–Trinajstić information content (AvgIpc) is 2.83. The van der Waals surface area contributed by atoms with Crippen LogP contribution in [0.2, 0.25) is 0 Å². The quantitative estimate of drug-likeness (QED) is 0.737. The van der Waals surface area contributed by atoms with Gasteiger partial charge in [0.2, 0.25) is 0 Å². The van der Waals surface area contributed by atoms with E-state index in [-0.39, 0.29) is 11.5 Å². The highest BCUT2D eigenvalue weighted by molar-refractivity contribution is 5.44. The van der Waals surface area contributed by atoms with Gasteiger partial charge in [-0.05, 0) is 12.1 Å². The Balaban J connectivity index is 1.92. The third-order valence-electron chi connectivity index (χ3n) is 2.71. The number of phenols is 2. The Labute approximate surface area is 111 Å². The number of nitrogens with one attached hydrogen (secondary N) is 1. The maximum Gasteiger partial charge on any atom is 0.124 e. The molecule has 1 heterocycles. The second-order valence-electron chi connectivity index (χ2n) is 4.15. The number of phenolic OH excluding ortho intramolecular Hbond substituents is 2. The molecule has 0 spiro atoms. The highest BCUT2D eigenvalue weighted by Gasteiger charge is 2.03. The van der Waals surface area contributed by atoms with Gasteiger partial charge in [0.25, 0.3) is 0 Å². The fraction of sp³-hybridized carbons (Fsp3) is 0.308. The van der Waals surface area contributed by atoms with Crippen LogP contribution in [0.5, 0.6) is 11.5 Å². The van der Waals surface area contributed by atoms with Crippen molar-refractivity contribution in [2.75, 3.05) is 19.0 Å². The van der Waals surface area contributed by atoms with Crippen molar-refractivity contribution in [2.24, 2.45) is 0 Å². The molecule has 6 nitrogen and oxygen atoms in total. The summed E-state index contributed by atoms with van der Waals surface area (Å²) in [6.45, 7) is 1.77. The highest BCUT2D eigenvalue weighted by Crippen LogP contribution is 2.23. The second kappa shape index (κ2) is 6.10. The number of hydrogen-bond donors (Lipinski definition) is 3. The van der Waals surface area contributed by atoms with E-state index in [0.29, 0.717) is 25.3 Å². The van der Waals surface area contributed by atoms with Crippen LogP contribution >= 0.6 is 0 Å². The number of aromatic nitrogens is 2. The largest absolute Gasteiger partial charge is 0.508 e. The number of hydrogen-bond acceptors (Lipinski definition) is 5. The maximum atomic E-state index is 9.65. The summed E-state index contributed by atoms with van der Waals surface area (Å²) < 4.78 is 6.75. The van der Waals surface area contributed by atoms with Crippen LogP contribution in [0.25, 0.3) is 0 Å². The minimum atomic E-state index is 0.0497. The van der Waals surface area contributed by atoms with Crippen molar-refractivity contribution in [2.45, 2.75) is 13.1 Å². The van der Waals surface area contributed by atoms with Gasteiger partial charge in [0.1, 0.15) is 11.5 Å². The van der Waals surface area contributed by atoms with E-state index < -0.39 is 0 Å². The van der Waals surface area contributed by atoms with E-state index in [1.54, 1.807) is 30.1 Å². The smallest absolute Gasteiger partial charge is 0.124 e. The number of anilines is 1. The predicted octanol–water partition coefficient (Wildman–Crippen LogP) is 1.55. The van der Waals surface area contributed by atoms with E-state index >= 15 is 0 Å². The molecule has 2 rings (SSSR count). The Bertz CT molecular complexity index is 540. The summed E-state index contributed by atoms with van der Waals surface area (Å²) >= 11 is 0. The first-order chi connectivity index (χ1) is 9.19. The minimum absolute atomic E-state index is 0.0497. The van der Waals surface area contributed by atoms with Crippen LogP contribution < -0.4 is 5.32 Å². The lowest BCUT2D eigenvalue weighted by Crippen LogP contribution is -2.04. The maximum absolute atomic E-state index is 9.65. The summed E-state index contributed by atoms with van der Waals surface area (Å²) in [5.41, 5.74) is 1.58. The first kappa shape index (κ1) is 13.2. The van der Waals surface area contributed by atoms with E-state index in [4.69, 9.17) is 4.74 Å². The molecule has 0 unspecified atom stereocenters. The van der Waals surface area contributed by atoms with E-state index in [1.165, 1.54) is 6.07 Å². The number of methoxy groups -OCH3 is 1. The van der Waals surface area contributed by atoms with Crippen LogP contribution in [0.3, 0.4) is 0 Å². The molecule has 0 aliphatic rings. The third-order valence-corrected chi connectivity index (χ3v) is 2.71. The van der Waals surface area contributed by atoms with Gasteiger partial charge >= 0.3 is 0 Å². The molecule has 0 saturated heterocycles. The van der Waals surface area contributed by atoms with Gasteiger partial charge in [-0.15, -0.1) is 0 Å². The van der Waals surface area contributed by atoms with Gasteiger partial charge in [-0.2, -0.15) is 5.10 Å². The van der Waals surface area contributed by atoms with E-state index in [1.807, 2.05) is 6.20 Å². The first-order valence-corrected chi connectivity index (χ1v) is 5.95. The summed E-state index contributed by atoms with van der Waals surface area (Å²) in [5, 5.41) is 26.2. The van der Waals surface area contributed by atoms with Gasteiger partial charge in [0.15, 0.2) is 0 Å². The summed E-state index contributed by atoms with van der Waals surface area (Å²) in [7, 11) is 1.65. The van der Waals surface area contributed by atoms with Crippen molar-refractivity contribution in [1.82, 2.24) is 9.78 Å². The Kier molecular flexibility index (Phi) is 4.25. The molecular weight excluding hydrogens is 246 g/mol. The van der Waals surface area contributed by atoms with Gasteiger partial charge in [0, 0.05) is 31.5 Å². The lowest BCUT2D eigenvalue weighted by atomic mass is 10.2. The fourth-order valence-electron chi connectivity index (χ4n) is 1.66. The van der Waals surface area contributed by atoms with E-state index in [0.717, 1.165) is 5.69 Å². The number of aromatic hydroxyl groups is 2. The van der Waals surface area contributed by atoms with Gasteiger partial charge in [0.05, 0.1) is 25.0 Å². The predicted molar refractivity (Wildman–Crippen MR) is 71.2 cm³/mol. The molecule has 0 saturated carbocycles. The summed E-state index contributed by atoms with van der Waals surface area (Å²) in [4.78, 5) is 0. The van der Waals surface area contributed by atoms with Crippen molar-refractivity contribution in [3.63, 3.8) is 0 Å². The molecule has 6 heteroatoms.